The highest BCUT2D eigenvalue weighted by Gasteiger charge is 2.41. The SMILES string of the molecule is CCCC1SCC(C(=O)O)N1C(=O)COC(C)(C)C. The average molecular weight is 289 g/mol. The fraction of sp³-hybridized carbons (Fsp3) is 0.846. The number of nitrogens with zero attached hydrogens (tertiary/aromatic N) is 1. The number of carbonyl (C=O) groups excluding carboxylic acids is 1. The molecule has 1 heterocycles. The zero-order chi connectivity index (χ0) is 14.6. The Kier molecular flexibility index (Phi) is 5.67. The molecule has 1 saturated heterocycles. The first-order valence-electron chi connectivity index (χ1n) is 6.55. The van der Waals surface area contributed by atoms with Crippen molar-refractivity contribution in [1.82, 2.24) is 4.90 Å². The van der Waals surface area contributed by atoms with Gasteiger partial charge in [-0.1, -0.05) is 13.3 Å². The van der Waals surface area contributed by atoms with Crippen LogP contribution >= 0.6 is 11.8 Å². The quantitative estimate of drug-likeness (QED) is 0.838. The number of carbonyl (C=O) groups is 2. The molecule has 6 heteroatoms. The second-order valence-electron chi connectivity index (χ2n) is 5.63. The lowest BCUT2D eigenvalue weighted by atomic mass is 10.2. The fourth-order valence-corrected chi connectivity index (χ4v) is 3.45. The highest BCUT2D eigenvalue weighted by Crippen LogP contribution is 2.32. The summed E-state index contributed by atoms with van der Waals surface area (Å²) in [5.74, 6) is -0.706. The molecule has 2 atom stereocenters. The summed E-state index contributed by atoms with van der Waals surface area (Å²) in [6.45, 7) is 7.59. The summed E-state index contributed by atoms with van der Waals surface area (Å²) < 4.78 is 5.46. The summed E-state index contributed by atoms with van der Waals surface area (Å²) in [6.07, 6.45) is 1.74. The van der Waals surface area contributed by atoms with E-state index in [1.54, 1.807) is 11.8 Å². The van der Waals surface area contributed by atoms with E-state index in [-0.39, 0.29) is 17.9 Å². The van der Waals surface area contributed by atoms with Crippen molar-refractivity contribution in [3.05, 3.63) is 0 Å². The Morgan fingerprint density at radius 1 is 1.42 bits per heavy atom. The lowest BCUT2D eigenvalue weighted by Gasteiger charge is -2.28. The average Bonchev–Trinajstić information content (AvgIpc) is 2.69. The molecule has 0 saturated carbocycles. The molecular weight excluding hydrogens is 266 g/mol. The maximum absolute atomic E-state index is 12.2. The Balaban J connectivity index is 2.72. The summed E-state index contributed by atoms with van der Waals surface area (Å²) >= 11 is 1.54. The largest absolute Gasteiger partial charge is 0.480 e. The first kappa shape index (κ1) is 16.3. The van der Waals surface area contributed by atoms with Crippen molar-refractivity contribution >= 4 is 23.6 Å². The van der Waals surface area contributed by atoms with Crippen molar-refractivity contribution in [2.75, 3.05) is 12.4 Å². The van der Waals surface area contributed by atoms with Crippen LogP contribution in [-0.2, 0) is 14.3 Å². The third kappa shape index (κ3) is 4.69. The van der Waals surface area contributed by atoms with Crippen molar-refractivity contribution in [2.24, 2.45) is 0 Å². The number of hydrogen-bond acceptors (Lipinski definition) is 4. The van der Waals surface area contributed by atoms with Gasteiger partial charge in [0, 0.05) is 5.75 Å². The Labute approximate surface area is 118 Å². The predicted molar refractivity (Wildman–Crippen MR) is 75.1 cm³/mol. The van der Waals surface area contributed by atoms with E-state index in [1.165, 1.54) is 4.90 Å². The molecule has 1 amide bonds. The zero-order valence-corrected chi connectivity index (χ0v) is 12.8. The molecule has 1 aliphatic heterocycles. The molecule has 0 aromatic carbocycles. The van der Waals surface area contributed by atoms with E-state index in [0.29, 0.717) is 5.75 Å². The number of thioether (sulfide) groups is 1. The van der Waals surface area contributed by atoms with E-state index >= 15 is 0 Å². The van der Waals surface area contributed by atoms with E-state index in [0.717, 1.165) is 12.8 Å². The first-order valence-corrected chi connectivity index (χ1v) is 7.60. The third-order valence-electron chi connectivity index (χ3n) is 2.83. The Hall–Kier alpha value is -0.750. The van der Waals surface area contributed by atoms with Gasteiger partial charge in [-0.2, -0.15) is 0 Å². The van der Waals surface area contributed by atoms with Crippen LogP contribution in [0.2, 0.25) is 0 Å². The third-order valence-corrected chi connectivity index (χ3v) is 4.19. The molecule has 1 N–H and O–H groups in total. The van der Waals surface area contributed by atoms with Gasteiger partial charge < -0.3 is 14.7 Å². The van der Waals surface area contributed by atoms with E-state index in [2.05, 4.69) is 0 Å². The van der Waals surface area contributed by atoms with Gasteiger partial charge in [-0.05, 0) is 27.2 Å². The number of carboxylic acids is 1. The minimum Gasteiger partial charge on any atom is -0.480 e. The molecule has 5 nitrogen and oxygen atoms in total. The van der Waals surface area contributed by atoms with Crippen LogP contribution in [0.4, 0.5) is 0 Å². The smallest absolute Gasteiger partial charge is 0.327 e. The first-order chi connectivity index (χ1) is 8.76. The second-order valence-corrected chi connectivity index (χ2v) is 6.84. The summed E-state index contributed by atoms with van der Waals surface area (Å²) in [7, 11) is 0. The summed E-state index contributed by atoms with van der Waals surface area (Å²) in [4.78, 5) is 24.9. The van der Waals surface area contributed by atoms with Gasteiger partial charge in [0.1, 0.15) is 12.6 Å². The predicted octanol–water partition coefficient (Wildman–Crippen LogP) is 1.96. The van der Waals surface area contributed by atoms with Crippen LogP contribution in [0.25, 0.3) is 0 Å². The second kappa shape index (κ2) is 6.61. The number of carboxylic acid groups (broad SMARTS) is 1. The lowest BCUT2D eigenvalue weighted by molar-refractivity contribution is -0.153. The number of aliphatic carboxylic acids is 1. The van der Waals surface area contributed by atoms with Gasteiger partial charge in [0.15, 0.2) is 0 Å². The molecule has 0 radical (unpaired) electrons. The van der Waals surface area contributed by atoms with Gasteiger partial charge in [0.05, 0.1) is 11.0 Å². The maximum Gasteiger partial charge on any atom is 0.327 e. The van der Waals surface area contributed by atoms with Crippen molar-refractivity contribution < 1.29 is 19.4 Å². The van der Waals surface area contributed by atoms with Gasteiger partial charge in [0.2, 0.25) is 5.91 Å². The highest BCUT2D eigenvalue weighted by molar-refractivity contribution is 8.00. The van der Waals surface area contributed by atoms with Crippen LogP contribution in [0.5, 0.6) is 0 Å². The van der Waals surface area contributed by atoms with Crippen LogP contribution in [-0.4, -0.2) is 51.3 Å². The maximum atomic E-state index is 12.2. The summed E-state index contributed by atoms with van der Waals surface area (Å²) in [5.41, 5.74) is -0.401. The molecule has 0 aromatic rings. The lowest BCUT2D eigenvalue weighted by Crippen LogP contribution is -2.47. The van der Waals surface area contributed by atoms with Crippen LogP contribution in [0.1, 0.15) is 40.5 Å². The van der Waals surface area contributed by atoms with Gasteiger partial charge in [-0.25, -0.2) is 4.79 Å². The minimum absolute atomic E-state index is 0.0397. The number of amides is 1. The van der Waals surface area contributed by atoms with Gasteiger partial charge >= 0.3 is 5.97 Å². The molecule has 0 aliphatic carbocycles. The number of rotatable bonds is 5. The Morgan fingerprint density at radius 3 is 2.53 bits per heavy atom. The fourth-order valence-electron chi connectivity index (χ4n) is 1.91. The molecule has 0 bridgehead atoms. The van der Waals surface area contributed by atoms with Gasteiger partial charge in [-0.15, -0.1) is 11.8 Å². The topological polar surface area (TPSA) is 66.8 Å². The molecule has 1 rings (SSSR count). The van der Waals surface area contributed by atoms with Crippen molar-refractivity contribution in [3.8, 4) is 0 Å². The molecular formula is C13H23NO4S. The molecule has 110 valence electrons. The van der Waals surface area contributed by atoms with E-state index < -0.39 is 17.6 Å². The minimum atomic E-state index is -0.935. The molecule has 19 heavy (non-hydrogen) atoms. The van der Waals surface area contributed by atoms with Crippen molar-refractivity contribution in [1.29, 1.82) is 0 Å². The molecule has 1 fully saturated rings. The van der Waals surface area contributed by atoms with E-state index in [4.69, 9.17) is 4.74 Å². The van der Waals surface area contributed by atoms with Crippen LogP contribution in [0.15, 0.2) is 0 Å². The molecule has 0 aromatic heterocycles. The standard InChI is InChI=1S/C13H23NO4S/c1-5-6-11-14(9(8-19-11)12(16)17)10(15)7-18-13(2,3)4/h9,11H,5-8H2,1-4H3,(H,16,17). The van der Waals surface area contributed by atoms with Crippen molar-refractivity contribution in [3.63, 3.8) is 0 Å². The van der Waals surface area contributed by atoms with Gasteiger partial charge in [-0.3, -0.25) is 4.79 Å². The van der Waals surface area contributed by atoms with Gasteiger partial charge in [0.25, 0.3) is 0 Å². The molecule has 2 unspecified atom stereocenters. The Morgan fingerprint density at radius 2 is 2.05 bits per heavy atom. The van der Waals surface area contributed by atoms with E-state index in [9.17, 15) is 14.7 Å². The molecule has 1 aliphatic rings. The molecule has 0 spiro atoms. The van der Waals surface area contributed by atoms with Crippen LogP contribution in [0.3, 0.4) is 0 Å². The van der Waals surface area contributed by atoms with Crippen LogP contribution in [0, 0.1) is 0 Å². The zero-order valence-electron chi connectivity index (χ0n) is 12.0. The monoisotopic (exact) mass is 289 g/mol. The summed E-state index contributed by atoms with van der Waals surface area (Å²) in [6, 6.07) is -0.724. The Bertz CT molecular complexity index is 340. The van der Waals surface area contributed by atoms with E-state index in [1.807, 2.05) is 27.7 Å². The summed E-state index contributed by atoms with van der Waals surface area (Å²) in [5, 5.41) is 9.16. The normalized spacial score (nSPS) is 23.7. The number of ether oxygens (including phenoxy) is 1. The van der Waals surface area contributed by atoms with Crippen molar-refractivity contribution in [2.45, 2.75) is 57.6 Å². The number of hydrogen-bond donors (Lipinski definition) is 1. The highest BCUT2D eigenvalue weighted by atomic mass is 32.2. The van der Waals surface area contributed by atoms with Crippen LogP contribution < -0.4 is 0 Å².